The highest BCUT2D eigenvalue weighted by molar-refractivity contribution is 6.23. The van der Waals surface area contributed by atoms with Gasteiger partial charge < -0.3 is 16.0 Å². The first kappa shape index (κ1) is 33.9. The van der Waals surface area contributed by atoms with E-state index in [0.29, 0.717) is 11.6 Å². The number of amides is 4. The molecule has 4 fully saturated rings. The SMILES string of the molecule is NC=C(C=NC1CC(CCCNc2ccc3c(c2)C(=O)N(C2CCC(=O)NC2=O)C3=O)C1)c1cnc2ccc(N3CCN(C4CCC4)CC3)cc2n1. The third-order valence-electron chi connectivity index (χ3n) is 11.5. The average Bonchev–Trinajstić information content (AvgIpc) is 3.36. The van der Waals surface area contributed by atoms with Crippen molar-refractivity contribution in [2.75, 3.05) is 42.9 Å². The molecule has 1 atom stereocenters. The molecule has 4 heterocycles. The summed E-state index contributed by atoms with van der Waals surface area (Å²) in [7, 11) is 0. The topological polar surface area (TPSA) is 166 Å². The lowest BCUT2D eigenvalue weighted by Gasteiger charge is -2.43. The summed E-state index contributed by atoms with van der Waals surface area (Å²) in [5.74, 6) is -1.42. The molecule has 2 saturated heterocycles. The molecule has 0 bridgehead atoms. The second-order valence-corrected chi connectivity index (χ2v) is 14.7. The molecule has 0 spiro atoms. The Morgan fingerprint density at radius 1 is 0.962 bits per heavy atom. The number of nitrogens with zero attached hydrogens (tertiary/aromatic N) is 6. The molecular weight excluding hydrogens is 658 g/mol. The maximum atomic E-state index is 13.1. The van der Waals surface area contributed by atoms with Crippen LogP contribution in [-0.4, -0.2) is 100 Å². The third kappa shape index (κ3) is 6.76. The molecule has 2 saturated carbocycles. The second-order valence-electron chi connectivity index (χ2n) is 14.7. The Labute approximate surface area is 302 Å². The minimum absolute atomic E-state index is 0.0935. The maximum absolute atomic E-state index is 13.1. The van der Waals surface area contributed by atoms with E-state index in [-0.39, 0.29) is 30.0 Å². The van der Waals surface area contributed by atoms with Crippen LogP contribution in [0.2, 0.25) is 0 Å². The summed E-state index contributed by atoms with van der Waals surface area (Å²) in [5, 5.41) is 5.59. The van der Waals surface area contributed by atoms with E-state index in [1.807, 2.05) is 6.21 Å². The van der Waals surface area contributed by atoms with Gasteiger partial charge in [0.15, 0.2) is 0 Å². The number of nitrogens with one attached hydrogen (secondary N) is 2. The molecule has 13 nitrogen and oxygen atoms in total. The van der Waals surface area contributed by atoms with Crippen molar-refractivity contribution in [2.24, 2.45) is 16.6 Å². The fraction of sp³-hybridized carbons (Fsp3) is 0.462. The van der Waals surface area contributed by atoms with Crippen LogP contribution in [0.3, 0.4) is 0 Å². The molecule has 2 aliphatic carbocycles. The first-order valence-electron chi connectivity index (χ1n) is 18.7. The molecular formula is C39H45N9O4. The second kappa shape index (κ2) is 14.5. The number of fused-ring (bicyclic) bond motifs is 2. The molecule has 1 aromatic heterocycles. The molecule has 8 rings (SSSR count). The minimum Gasteiger partial charge on any atom is -0.404 e. The van der Waals surface area contributed by atoms with E-state index < -0.39 is 29.7 Å². The van der Waals surface area contributed by atoms with E-state index in [4.69, 9.17) is 15.7 Å². The quantitative estimate of drug-likeness (QED) is 0.152. The molecule has 4 N–H and O–H groups in total. The predicted molar refractivity (Wildman–Crippen MR) is 199 cm³/mol. The lowest BCUT2D eigenvalue weighted by atomic mass is 9.78. The molecule has 13 heteroatoms. The van der Waals surface area contributed by atoms with Crippen molar-refractivity contribution in [3.63, 3.8) is 0 Å². The number of hydrogen-bond donors (Lipinski definition) is 3. The van der Waals surface area contributed by atoms with E-state index in [9.17, 15) is 19.2 Å². The Hall–Kier alpha value is -5.17. The zero-order valence-corrected chi connectivity index (χ0v) is 29.3. The number of rotatable bonds is 11. The summed E-state index contributed by atoms with van der Waals surface area (Å²) in [6.45, 7) is 5.01. The van der Waals surface area contributed by atoms with Crippen molar-refractivity contribution in [1.82, 2.24) is 25.1 Å². The lowest BCUT2D eigenvalue weighted by molar-refractivity contribution is -0.136. The summed E-state index contributed by atoms with van der Waals surface area (Å²) in [4.78, 5) is 70.4. The number of benzene rings is 2. The monoisotopic (exact) mass is 703 g/mol. The van der Waals surface area contributed by atoms with Crippen molar-refractivity contribution in [3.05, 3.63) is 65.6 Å². The summed E-state index contributed by atoms with van der Waals surface area (Å²) in [5.41, 5.74) is 11.7. The summed E-state index contributed by atoms with van der Waals surface area (Å²) >= 11 is 0. The first-order valence-corrected chi connectivity index (χ1v) is 18.7. The average molecular weight is 704 g/mol. The molecule has 5 aliphatic rings. The van der Waals surface area contributed by atoms with Gasteiger partial charge >= 0.3 is 0 Å². The van der Waals surface area contributed by atoms with Crippen LogP contribution in [0.5, 0.6) is 0 Å². The van der Waals surface area contributed by atoms with Crippen LogP contribution in [0, 0.1) is 5.92 Å². The van der Waals surface area contributed by atoms with Gasteiger partial charge in [0.2, 0.25) is 11.8 Å². The number of anilines is 2. The zero-order valence-electron chi connectivity index (χ0n) is 29.3. The number of aromatic nitrogens is 2. The molecule has 270 valence electrons. The number of carbonyl (C=O) groups is 4. The number of carbonyl (C=O) groups excluding carboxylic acids is 4. The van der Waals surface area contributed by atoms with E-state index in [0.717, 1.165) is 91.6 Å². The molecule has 2 aromatic carbocycles. The molecule has 4 amide bonds. The van der Waals surface area contributed by atoms with Crippen molar-refractivity contribution in [3.8, 4) is 0 Å². The summed E-state index contributed by atoms with van der Waals surface area (Å²) in [6.07, 6.45) is 13.5. The smallest absolute Gasteiger partial charge is 0.262 e. The molecule has 3 aromatic rings. The normalized spacial score (nSPS) is 24.3. The zero-order chi connectivity index (χ0) is 35.8. The number of nitrogens with two attached hydrogens (primary N) is 1. The van der Waals surface area contributed by atoms with Crippen molar-refractivity contribution in [1.29, 1.82) is 0 Å². The number of allylic oxidation sites excluding steroid dienone is 1. The van der Waals surface area contributed by atoms with Gasteiger partial charge in [-0.2, -0.15) is 0 Å². The van der Waals surface area contributed by atoms with E-state index >= 15 is 0 Å². The molecule has 1 unspecified atom stereocenters. The van der Waals surface area contributed by atoms with Crippen molar-refractivity contribution < 1.29 is 19.2 Å². The van der Waals surface area contributed by atoms with Gasteiger partial charge in [-0.3, -0.25) is 44.3 Å². The molecule has 52 heavy (non-hydrogen) atoms. The summed E-state index contributed by atoms with van der Waals surface area (Å²) < 4.78 is 0. The Balaban J connectivity index is 0.791. The highest BCUT2D eigenvalue weighted by Crippen LogP contribution is 2.34. The van der Waals surface area contributed by atoms with Crippen molar-refractivity contribution >= 4 is 57.8 Å². The van der Waals surface area contributed by atoms with Crippen LogP contribution in [0.4, 0.5) is 11.4 Å². The lowest BCUT2D eigenvalue weighted by Crippen LogP contribution is -2.54. The number of imide groups is 2. The van der Waals surface area contributed by atoms with Crippen LogP contribution < -0.4 is 21.3 Å². The van der Waals surface area contributed by atoms with Crippen LogP contribution in [0.1, 0.15) is 84.2 Å². The Morgan fingerprint density at radius 2 is 1.77 bits per heavy atom. The summed E-state index contributed by atoms with van der Waals surface area (Å²) in [6, 6.07) is 11.5. The van der Waals surface area contributed by atoms with Gasteiger partial charge in [-0.05, 0) is 87.3 Å². The first-order chi connectivity index (χ1) is 25.3. The van der Waals surface area contributed by atoms with E-state index in [1.54, 1.807) is 30.6 Å². The minimum atomic E-state index is -0.969. The predicted octanol–water partition coefficient (Wildman–Crippen LogP) is 3.75. The molecule has 0 radical (unpaired) electrons. The number of piperazine rings is 1. The fourth-order valence-corrected chi connectivity index (χ4v) is 8.08. The van der Waals surface area contributed by atoms with Gasteiger partial charge in [-0.25, -0.2) is 4.98 Å². The van der Waals surface area contributed by atoms with Crippen LogP contribution >= 0.6 is 0 Å². The van der Waals surface area contributed by atoms with Crippen LogP contribution in [0.25, 0.3) is 16.6 Å². The Morgan fingerprint density at radius 3 is 2.52 bits per heavy atom. The number of piperidine rings is 1. The molecule has 3 aliphatic heterocycles. The van der Waals surface area contributed by atoms with Crippen molar-refractivity contribution in [2.45, 2.75) is 75.9 Å². The van der Waals surface area contributed by atoms with Gasteiger partial charge in [0.05, 0.1) is 40.1 Å². The third-order valence-corrected chi connectivity index (χ3v) is 11.5. The Kier molecular flexibility index (Phi) is 9.43. The highest BCUT2D eigenvalue weighted by atomic mass is 16.2. The fourth-order valence-electron chi connectivity index (χ4n) is 8.08. The highest BCUT2D eigenvalue weighted by Gasteiger charge is 2.44. The van der Waals surface area contributed by atoms with Gasteiger partial charge in [0, 0.05) is 74.5 Å². The maximum Gasteiger partial charge on any atom is 0.262 e. The number of aliphatic imine (C=N–C) groups is 1. The number of hydrogen-bond acceptors (Lipinski definition) is 11. The van der Waals surface area contributed by atoms with E-state index in [2.05, 4.69) is 43.6 Å². The van der Waals surface area contributed by atoms with Gasteiger partial charge in [-0.1, -0.05) is 6.42 Å². The standard InChI is InChI=1S/C39H45N9O4/c40-21-25(34-23-43-32-9-7-29(20-33(32)44-34)47-15-13-46(14-16-47)28-4-1-5-28)22-42-27-17-24(18-27)3-2-12-41-26-6-8-30-31(19-26)39(52)48(38(30)51)35-10-11-36(49)45-37(35)50/h6-9,19-24,27-28,35,41H,1-5,10-18,40H2,(H,45,49,50). The van der Waals surface area contributed by atoms with Gasteiger partial charge in [0.25, 0.3) is 11.8 Å². The Bertz CT molecular complexity index is 1960. The van der Waals surface area contributed by atoms with Crippen LogP contribution in [0.15, 0.2) is 53.8 Å². The van der Waals surface area contributed by atoms with Crippen LogP contribution in [-0.2, 0) is 9.59 Å². The van der Waals surface area contributed by atoms with E-state index in [1.165, 1.54) is 24.9 Å². The van der Waals surface area contributed by atoms with Gasteiger partial charge in [-0.15, -0.1) is 0 Å². The largest absolute Gasteiger partial charge is 0.404 e. The van der Waals surface area contributed by atoms with Gasteiger partial charge in [0.1, 0.15) is 6.04 Å².